The fraction of sp³-hybridized carbons (Fsp3) is 0.357. The second-order valence-corrected chi connectivity index (χ2v) is 4.74. The largest absolute Gasteiger partial charge is 0.361 e. The molecular formula is C14H17N3O2S. The normalized spacial score (nSPS) is 10.5. The first kappa shape index (κ1) is 14.5. The third-order valence-corrected chi connectivity index (χ3v) is 3.43. The summed E-state index contributed by atoms with van der Waals surface area (Å²) in [5.41, 5.74) is 2.32. The van der Waals surface area contributed by atoms with E-state index < -0.39 is 0 Å². The Morgan fingerprint density at radius 2 is 2.25 bits per heavy atom. The number of hydrogen-bond acceptors (Lipinski definition) is 4. The zero-order chi connectivity index (χ0) is 14.5. The summed E-state index contributed by atoms with van der Waals surface area (Å²) in [4.78, 5) is 15.0. The van der Waals surface area contributed by atoms with Gasteiger partial charge in [0.25, 0.3) is 5.91 Å². The van der Waals surface area contributed by atoms with Crippen molar-refractivity contribution in [3.8, 4) is 0 Å². The second-order valence-electron chi connectivity index (χ2n) is 4.33. The molecule has 0 aliphatic carbocycles. The van der Waals surface area contributed by atoms with E-state index in [2.05, 4.69) is 15.5 Å². The van der Waals surface area contributed by atoms with E-state index in [0.29, 0.717) is 16.7 Å². The Morgan fingerprint density at radius 1 is 1.45 bits per heavy atom. The molecule has 0 unspecified atom stereocenters. The lowest BCUT2D eigenvalue weighted by atomic mass is 10.1. The van der Waals surface area contributed by atoms with Crippen molar-refractivity contribution in [2.45, 2.75) is 33.2 Å². The van der Waals surface area contributed by atoms with Crippen molar-refractivity contribution >= 4 is 18.1 Å². The molecule has 5 nitrogen and oxygen atoms in total. The highest BCUT2D eigenvalue weighted by atomic mass is 32.1. The molecule has 6 heteroatoms. The lowest BCUT2D eigenvalue weighted by molar-refractivity contribution is 0.0950. The van der Waals surface area contributed by atoms with Crippen molar-refractivity contribution in [2.75, 3.05) is 0 Å². The first-order valence-electron chi connectivity index (χ1n) is 6.59. The summed E-state index contributed by atoms with van der Waals surface area (Å²) >= 11 is 5.09. The molecule has 0 radical (unpaired) electrons. The quantitative estimate of drug-likeness (QED) is 0.831. The van der Waals surface area contributed by atoms with E-state index in [1.807, 2.05) is 13.8 Å². The maximum Gasteiger partial charge on any atom is 0.254 e. The van der Waals surface area contributed by atoms with Crippen LogP contribution >= 0.6 is 12.2 Å². The van der Waals surface area contributed by atoms with Crippen molar-refractivity contribution in [1.82, 2.24) is 15.5 Å². The zero-order valence-electron chi connectivity index (χ0n) is 11.5. The molecular weight excluding hydrogens is 274 g/mol. The number of nitrogens with zero attached hydrogens (tertiary/aromatic N) is 1. The number of aryl methyl sites for hydroxylation is 2. The number of nitrogens with one attached hydrogen (secondary N) is 2. The summed E-state index contributed by atoms with van der Waals surface area (Å²) in [6, 6.07) is 3.45. The monoisotopic (exact) mass is 291 g/mol. The Balaban J connectivity index is 2.13. The summed E-state index contributed by atoms with van der Waals surface area (Å²) in [5, 5.41) is 6.89. The van der Waals surface area contributed by atoms with Crippen LogP contribution in [-0.4, -0.2) is 16.0 Å². The van der Waals surface area contributed by atoms with E-state index in [1.165, 1.54) is 0 Å². The fourth-order valence-corrected chi connectivity index (χ4v) is 2.23. The molecule has 0 aliphatic rings. The predicted octanol–water partition coefficient (Wildman–Crippen LogP) is 2.79. The minimum atomic E-state index is -0.197. The van der Waals surface area contributed by atoms with Gasteiger partial charge >= 0.3 is 0 Å². The lowest BCUT2D eigenvalue weighted by Crippen LogP contribution is -2.24. The number of aromatic nitrogens is 2. The van der Waals surface area contributed by atoms with Crippen molar-refractivity contribution in [3.63, 3.8) is 0 Å². The Kier molecular flexibility index (Phi) is 4.68. The average molecular weight is 291 g/mol. The molecule has 0 aromatic carbocycles. The molecule has 0 aliphatic heterocycles. The molecule has 0 saturated heterocycles. The number of rotatable bonds is 5. The van der Waals surface area contributed by atoms with Crippen molar-refractivity contribution in [1.29, 1.82) is 0 Å². The third kappa shape index (κ3) is 2.96. The number of carbonyl (C=O) groups excluding carboxylic acids is 1. The molecule has 0 saturated carbocycles. The molecule has 0 spiro atoms. The Hall–Kier alpha value is -1.95. The molecule has 20 heavy (non-hydrogen) atoms. The smallest absolute Gasteiger partial charge is 0.254 e. The number of amides is 1. The zero-order valence-corrected chi connectivity index (χ0v) is 12.3. The van der Waals surface area contributed by atoms with Crippen LogP contribution in [0.15, 0.2) is 22.9 Å². The van der Waals surface area contributed by atoms with E-state index in [1.54, 1.807) is 18.3 Å². The number of aromatic amines is 1. The predicted molar refractivity (Wildman–Crippen MR) is 78.1 cm³/mol. The highest BCUT2D eigenvalue weighted by Crippen LogP contribution is 2.15. The van der Waals surface area contributed by atoms with Gasteiger partial charge in [-0.05, 0) is 18.6 Å². The van der Waals surface area contributed by atoms with Crippen LogP contribution in [0.5, 0.6) is 0 Å². The van der Waals surface area contributed by atoms with Gasteiger partial charge in [-0.2, -0.15) is 0 Å². The van der Waals surface area contributed by atoms with Gasteiger partial charge in [0.15, 0.2) is 0 Å². The molecule has 2 aromatic rings. The van der Waals surface area contributed by atoms with Crippen LogP contribution in [0.4, 0.5) is 0 Å². The first-order chi connectivity index (χ1) is 9.67. The molecule has 2 aromatic heterocycles. The lowest BCUT2D eigenvalue weighted by Gasteiger charge is -2.06. The maximum absolute atomic E-state index is 12.1. The van der Waals surface area contributed by atoms with Gasteiger partial charge in [-0.25, -0.2) is 0 Å². The van der Waals surface area contributed by atoms with Gasteiger partial charge in [0.2, 0.25) is 0 Å². The molecule has 0 atom stereocenters. The minimum Gasteiger partial charge on any atom is -0.361 e. The third-order valence-electron chi connectivity index (χ3n) is 3.10. The van der Waals surface area contributed by atoms with Crippen LogP contribution < -0.4 is 5.32 Å². The summed E-state index contributed by atoms with van der Waals surface area (Å²) in [6.07, 6.45) is 3.23. The Labute approximate surface area is 122 Å². The molecule has 106 valence electrons. The highest BCUT2D eigenvalue weighted by Gasteiger charge is 2.15. The van der Waals surface area contributed by atoms with E-state index in [9.17, 15) is 4.79 Å². The van der Waals surface area contributed by atoms with E-state index >= 15 is 0 Å². The number of H-pyrrole nitrogens is 1. The van der Waals surface area contributed by atoms with Gasteiger partial charge in [0.05, 0.1) is 11.3 Å². The average Bonchev–Trinajstić information content (AvgIpc) is 2.87. The minimum absolute atomic E-state index is 0.197. The molecule has 1 amide bonds. The van der Waals surface area contributed by atoms with Crippen LogP contribution in [0.3, 0.4) is 0 Å². The second kappa shape index (κ2) is 6.47. The molecule has 2 N–H and O–H groups in total. The van der Waals surface area contributed by atoms with Crippen molar-refractivity contribution in [3.05, 3.63) is 45.6 Å². The van der Waals surface area contributed by atoms with Gasteiger partial charge in [-0.1, -0.05) is 31.2 Å². The number of hydrogen-bond donors (Lipinski definition) is 2. The van der Waals surface area contributed by atoms with Gasteiger partial charge in [-0.3, -0.25) is 4.79 Å². The first-order valence-corrected chi connectivity index (χ1v) is 7.00. The van der Waals surface area contributed by atoms with Gasteiger partial charge in [0, 0.05) is 24.7 Å². The maximum atomic E-state index is 12.1. The summed E-state index contributed by atoms with van der Waals surface area (Å²) < 4.78 is 5.70. The highest BCUT2D eigenvalue weighted by molar-refractivity contribution is 7.71. The van der Waals surface area contributed by atoms with Crippen molar-refractivity contribution in [2.24, 2.45) is 0 Å². The molecule has 2 heterocycles. The van der Waals surface area contributed by atoms with Crippen LogP contribution in [0.2, 0.25) is 0 Å². The summed E-state index contributed by atoms with van der Waals surface area (Å²) in [6.45, 7) is 4.41. The van der Waals surface area contributed by atoms with Crippen molar-refractivity contribution < 1.29 is 9.32 Å². The SMILES string of the molecule is CCc1noc(CC)c1CNC(=O)c1ccc[nH]c1=S. The fourth-order valence-electron chi connectivity index (χ4n) is 2.00. The van der Waals surface area contributed by atoms with Crippen LogP contribution in [0, 0.1) is 4.64 Å². The number of pyridine rings is 1. The van der Waals surface area contributed by atoms with Gasteiger partial charge < -0.3 is 14.8 Å². The van der Waals surface area contributed by atoms with E-state index in [-0.39, 0.29) is 5.91 Å². The van der Waals surface area contributed by atoms with Crippen LogP contribution in [0.25, 0.3) is 0 Å². The van der Waals surface area contributed by atoms with Gasteiger partial charge in [-0.15, -0.1) is 0 Å². The Bertz CT molecular complexity index is 639. The Morgan fingerprint density at radius 3 is 2.90 bits per heavy atom. The van der Waals surface area contributed by atoms with E-state index in [4.69, 9.17) is 16.7 Å². The van der Waals surface area contributed by atoms with Crippen LogP contribution in [-0.2, 0) is 19.4 Å². The molecule has 0 bridgehead atoms. The number of carbonyl (C=O) groups is 1. The standard InChI is InChI=1S/C14H17N3O2S/c1-3-11-10(12(4-2)19-17-11)8-16-13(18)9-6-5-7-15-14(9)20/h5-7H,3-4,8H2,1-2H3,(H,15,20)(H,16,18). The topological polar surface area (TPSA) is 70.9 Å². The molecule has 0 fully saturated rings. The summed E-state index contributed by atoms with van der Waals surface area (Å²) in [5.74, 6) is 0.623. The molecule has 2 rings (SSSR count). The van der Waals surface area contributed by atoms with Crippen LogP contribution in [0.1, 0.15) is 41.2 Å². The van der Waals surface area contributed by atoms with E-state index in [0.717, 1.165) is 29.9 Å². The van der Waals surface area contributed by atoms with Gasteiger partial charge in [0.1, 0.15) is 10.4 Å². The summed E-state index contributed by atoms with van der Waals surface area (Å²) in [7, 11) is 0.